The molecule has 1 aromatic carbocycles. The molecule has 0 aromatic heterocycles. The Morgan fingerprint density at radius 2 is 2.12 bits per heavy atom. The van der Waals surface area contributed by atoms with Gasteiger partial charge >= 0.3 is 6.18 Å². The van der Waals surface area contributed by atoms with Crippen LogP contribution < -0.4 is 5.32 Å². The topological polar surface area (TPSA) is 29.1 Å². The Morgan fingerprint density at radius 3 is 2.76 bits per heavy atom. The summed E-state index contributed by atoms with van der Waals surface area (Å²) < 4.78 is 37.0. The monoisotopic (exact) mass is 323 g/mol. The molecule has 1 N–H and O–H groups in total. The van der Waals surface area contributed by atoms with Crippen LogP contribution in [0.5, 0.6) is 0 Å². The lowest BCUT2D eigenvalue weighted by molar-refractivity contribution is -0.165. The number of benzene rings is 1. The van der Waals surface area contributed by atoms with E-state index < -0.39 is 12.0 Å². The number of rotatable bonds is 1. The van der Waals surface area contributed by atoms with Crippen molar-refractivity contribution in [3.63, 3.8) is 0 Å². The molecule has 0 fully saturated rings. The molecule has 1 aliphatic rings. The average Bonchev–Trinajstić information content (AvgIpc) is 2.57. The Labute approximate surface area is 107 Å². The number of fused-ring (bicyclic) bond motifs is 1. The fourth-order valence-electron chi connectivity index (χ4n) is 1.23. The van der Waals surface area contributed by atoms with Crippen LogP contribution in [0, 0.1) is 0 Å². The zero-order valence-electron chi connectivity index (χ0n) is 8.14. The molecule has 90 valence electrons. The number of halogens is 4. The summed E-state index contributed by atoms with van der Waals surface area (Å²) in [5.74, 6) is -1.86. The Morgan fingerprint density at radius 1 is 1.41 bits per heavy atom. The smallest absolute Gasteiger partial charge is 0.349 e. The van der Waals surface area contributed by atoms with Crippen LogP contribution >= 0.6 is 27.7 Å². The second-order valence-electron chi connectivity index (χ2n) is 3.24. The van der Waals surface area contributed by atoms with E-state index in [1.54, 1.807) is 18.2 Å². The van der Waals surface area contributed by atoms with Crippen LogP contribution in [-0.2, 0) is 4.79 Å². The van der Waals surface area contributed by atoms with E-state index in [-0.39, 0.29) is 5.03 Å². The summed E-state index contributed by atoms with van der Waals surface area (Å²) in [7, 11) is 0. The van der Waals surface area contributed by atoms with Crippen molar-refractivity contribution >= 4 is 39.2 Å². The molecule has 0 saturated heterocycles. The van der Waals surface area contributed by atoms with E-state index in [9.17, 15) is 18.0 Å². The average molecular weight is 324 g/mol. The molecule has 1 aromatic rings. The van der Waals surface area contributed by atoms with Crippen LogP contribution in [0.3, 0.4) is 0 Å². The van der Waals surface area contributed by atoms with Gasteiger partial charge in [-0.3, -0.25) is 4.79 Å². The van der Waals surface area contributed by atoms with Gasteiger partial charge in [0.2, 0.25) is 0 Å². The van der Waals surface area contributed by atoms with Gasteiger partial charge in [0.25, 0.3) is 5.78 Å². The van der Waals surface area contributed by atoms with E-state index in [0.717, 1.165) is 21.1 Å². The van der Waals surface area contributed by atoms with Crippen molar-refractivity contribution in [1.82, 2.24) is 0 Å². The van der Waals surface area contributed by atoms with Crippen molar-refractivity contribution < 1.29 is 18.0 Å². The van der Waals surface area contributed by atoms with Crippen molar-refractivity contribution in [2.45, 2.75) is 11.1 Å². The van der Waals surface area contributed by atoms with E-state index in [2.05, 4.69) is 21.2 Å². The second kappa shape index (κ2) is 4.38. The molecule has 0 atom stereocenters. The maximum atomic E-state index is 12.1. The summed E-state index contributed by atoms with van der Waals surface area (Å²) in [6.07, 6.45) is -4.26. The molecule has 1 heterocycles. The number of ketones is 1. The Hall–Kier alpha value is -0.950. The van der Waals surface area contributed by atoms with E-state index in [1.165, 1.54) is 0 Å². The first kappa shape index (κ1) is 12.5. The number of carbonyl (C=O) groups excluding carboxylic acids is 1. The maximum Gasteiger partial charge on any atom is 0.454 e. The van der Waals surface area contributed by atoms with Crippen LogP contribution in [0.15, 0.2) is 38.7 Å². The molecule has 2 rings (SSSR count). The highest BCUT2D eigenvalue weighted by Gasteiger charge is 2.37. The molecule has 0 amide bonds. The molecule has 17 heavy (non-hydrogen) atoms. The number of carbonyl (C=O) groups is 1. The van der Waals surface area contributed by atoms with Crippen molar-refractivity contribution in [2.75, 3.05) is 5.32 Å². The Kier molecular flexibility index (Phi) is 3.22. The predicted molar refractivity (Wildman–Crippen MR) is 62.8 cm³/mol. The van der Waals surface area contributed by atoms with Crippen LogP contribution in [0.2, 0.25) is 0 Å². The van der Waals surface area contributed by atoms with Crippen LogP contribution in [0.25, 0.3) is 0 Å². The standard InChI is InChI=1S/C10H5BrF3NOS/c11-5-1-2-7-6(3-5)15-9(17-7)4-8(16)10(12,13)14/h1-4,15H/b9-4+. The lowest BCUT2D eigenvalue weighted by atomic mass is 10.3. The molecule has 0 spiro atoms. The van der Waals surface area contributed by atoms with Crippen LogP contribution in [0.1, 0.15) is 0 Å². The zero-order valence-corrected chi connectivity index (χ0v) is 10.5. The van der Waals surface area contributed by atoms with Gasteiger partial charge in [-0.1, -0.05) is 27.7 Å². The van der Waals surface area contributed by atoms with Gasteiger partial charge in [0, 0.05) is 15.4 Å². The summed E-state index contributed by atoms with van der Waals surface area (Å²) in [4.78, 5) is 11.6. The van der Waals surface area contributed by atoms with Crippen molar-refractivity contribution in [3.05, 3.63) is 33.8 Å². The first-order chi connectivity index (χ1) is 7.86. The van der Waals surface area contributed by atoms with Gasteiger partial charge in [-0.25, -0.2) is 0 Å². The van der Waals surface area contributed by atoms with Crippen molar-refractivity contribution in [3.8, 4) is 0 Å². The maximum absolute atomic E-state index is 12.1. The normalized spacial score (nSPS) is 16.8. The number of hydrogen-bond acceptors (Lipinski definition) is 3. The summed E-state index contributed by atoms with van der Waals surface area (Å²) in [5, 5.41) is 2.93. The first-order valence-corrected chi connectivity index (χ1v) is 6.04. The first-order valence-electron chi connectivity index (χ1n) is 4.43. The molecule has 0 radical (unpaired) electrons. The van der Waals surface area contributed by atoms with Gasteiger partial charge in [0.05, 0.1) is 10.7 Å². The van der Waals surface area contributed by atoms with Gasteiger partial charge in [0.15, 0.2) is 0 Å². The summed E-state index contributed by atoms with van der Waals surface area (Å²) in [6, 6.07) is 5.28. The third-order valence-corrected chi connectivity index (χ3v) is 3.47. The molecular weight excluding hydrogens is 319 g/mol. The zero-order chi connectivity index (χ0) is 12.6. The third-order valence-electron chi connectivity index (χ3n) is 1.96. The molecule has 7 heteroatoms. The summed E-state index contributed by atoms with van der Waals surface area (Å²) >= 11 is 4.35. The highest BCUT2D eigenvalue weighted by atomic mass is 79.9. The van der Waals surface area contributed by atoms with Gasteiger partial charge in [-0.2, -0.15) is 13.2 Å². The Balaban J connectivity index is 2.21. The third kappa shape index (κ3) is 2.84. The summed E-state index contributed by atoms with van der Waals surface area (Å²) in [5.41, 5.74) is 0.686. The highest BCUT2D eigenvalue weighted by Crippen LogP contribution is 2.42. The molecular formula is C10H5BrF3NOS. The largest absolute Gasteiger partial charge is 0.454 e. The molecule has 1 aliphatic heterocycles. The SMILES string of the molecule is O=C(/C=C1\Nc2cc(Br)ccc2S1)C(F)(F)F. The molecule has 0 unspecified atom stereocenters. The Bertz CT molecular complexity index is 513. The second-order valence-corrected chi connectivity index (χ2v) is 5.24. The molecule has 0 bridgehead atoms. The molecule has 0 aliphatic carbocycles. The van der Waals surface area contributed by atoms with Crippen LogP contribution in [-0.4, -0.2) is 12.0 Å². The van der Waals surface area contributed by atoms with Crippen molar-refractivity contribution in [1.29, 1.82) is 0 Å². The molecule has 0 saturated carbocycles. The quantitative estimate of drug-likeness (QED) is 0.794. The van der Waals surface area contributed by atoms with Crippen molar-refractivity contribution in [2.24, 2.45) is 0 Å². The minimum absolute atomic E-state index is 0.181. The fourth-order valence-corrected chi connectivity index (χ4v) is 2.51. The molecule has 2 nitrogen and oxygen atoms in total. The minimum Gasteiger partial charge on any atom is -0.349 e. The van der Waals surface area contributed by atoms with Gasteiger partial charge in [0.1, 0.15) is 0 Å². The predicted octanol–water partition coefficient (Wildman–Crippen LogP) is 3.94. The van der Waals surface area contributed by atoms with E-state index in [0.29, 0.717) is 11.8 Å². The lowest BCUT2D eigenvalue weighted by Crippen LogP contribution is -2.20. The van der Waals surface area contributed by atoms with E-state index in [4.69, 9.17) is 0 Å². The fraction of sp³-hybridized carbons (Fsp3) is 0.100. The van der Waals surface area contributed by atoms with Crippen LogP contribution in [0.4, 0.5) is 18.9 Å². The number of hydrogen-bond donors (Lipinski definition) is 1. The number of anilines is 1. The van der Waals surface area contributed by atoms with E-state index >= 15 is 0 Å². The number of allylic oxidation sites excluding steroid dienone is 1. The van der Waals surface area contributed by atoms with Gasteiger partial charge < -0.3 is 5.32 Å². The number of alkyl halides is 3. The van der Waals surface area contributed by atoms with E-state index in [1.807, 2.05) is 0 Å². The summed E-state index contributed by atoms with van der Waals surface area (Å²) in [6.45, 7) is 0. The number of nitrogens with one attached hydrogen (secondary N) is 1. The minimum atomic E-state index is -4.83. The highest BCUT2D eigenvalue weighted by molar-refractivity contribution is 9.10. The lowest BCUT2D eigenvalue weighted by Gasteiger charge is -2.01. The van der Waals surface area contributed by atoms with Gasteiger partial charge in [-0.15, -0.1) is 0 Å². The van der Waals surface area contributed by atoms with Gasteiger partial charge in [-0.05, 0) is 18.2 Å². The number of thioether (sulfide) groups is 1.